The molecule has 0 aliphatic carbocycles. The number of aryl methyl sites for hydroxylation is 1. The highest BCUT2D eigenvalue weighted by atomic mass is 32.2. The second-order valence-corrected chi connectivity index (χ2v) is 6.96. The van der Waals surface area contributed by atoms with E-state index in [1.54, 1.807) is 19.2 Å². The van der Waals surface area contributed by atoms with Gasteiger partial charge in [0.25, 0.3) is 5.89 Å². The van der Waals surface area contributed by atoms with Crippen LogP contribution in [-0.2, 0) is 9.84 Å². The summed E-state index contributed by atoms with van der Waals surface area (Å²) in [5.74, 6) is 1.93. The molecular formula is C12H14N4O3S. The maximum Gasteiger partial charge on any atom is 0.261 e. The highest BCUT2D eigenvalue weighted by molar-refractivity contribution is 7.91. The molecule has 7 nitrogen and oxygen atoms in total. The number of aromatic nitrogens is 3. The molecule has 0 saturated carbocycles. The lowest BCUT2D eigenvalue weighted by Gasteiger charge is -2.28. The van der Waals surface area contributed by atoms with Gasteiger partial charge in [0.2, 0.25) is 0 Å². The third-order valence-electron chi connectivity index (χ3n) is 3.19. The average molecular weight is 294 g/mol. The molecule has 1 saturated heterocycles. The SMILES string of the molecule is Cc1noc(-c2cccnc2N2CCS(=O)(=O)CC2)n1. The van der Waals surface area contributed by atoms with Crippen LogP contribution in [0.2, 0.25) is 0 Å². The van der Waals surface area contributed by atoms with E-state index in [9.17, 15) is 8.42 Å². The van der Waals surface area contributed by atoms with Gasteiger partial charge in [-0.1, -0.05) is 5.16 Å². The molecule has 1 aliphatic heterocycles. The summed E-state index contributed by atoms with van der Waals surface area (Å²) in [5.41, 5.74) is 0.729. The van der Waals surface area contributed by atoms with Crippen LogP contribution in [0.4, 0.5) is 5.82 Å². The van der Waals surface area contributed by atoms with Gasteiger partial charge in [0.1, 0.15) is 5.82 Å². The molecule has 1 aliphatic rings. The van der Waals surface area contributed by atoms with Crippen molar-refractivity contribution < 1.29 is 12.9 Å². The minimum atomic E-state index is -2.92. The van der Waals surface area contributed by atoms with Crippen molar-refractivity contribution >= 4 is 15.7 Å². The molecular weight excluding hydrogens is 280 g/mol. The fourth-order valence-corrected chi connectivity index (χ4v) is 3.35. The molecule has 0 aromatic carbocycles. The van der Waals surface area contributed by atoms with E-state index in [2.05, 4.69) is 15.1 Å². The van der Waals surface area contributed by atoms with Crippen LogP contribution in [0.3, 0.4) is 0 Å². The molecule has 0 atom stereocenters. The third-order valence-corrected chi connectivity index (χ3v) is 4.80. The van der Waals surface area contributed by atoms with Crippen LogP contribution in [0.15, 0.2) is 22.9 Å². The summed E-state index contributed by atoms with van der Waals surface area (Å²) in [7, 11) is -2.92. The molecule has 0 amide bonds. The zero-order chi connectivity index (χ0) is 14.2. The minimum Gasteiger partial charge on any atom is -0.354 e. The molecule has 3 heterocycles. The predicted molar refractivity (Wildman–Crippen MR) is 73.1 cm³/mol. The molecule has 1 fully saturated rings. The van der Waals surface area contributed by atoms with Crippen molar-refractivity contribution in [2.24, 2.45) is 0 Å². The van der Waals surface area contributed by atoms with Crippen molar-refractivity contribution in [2.45, 2.75) is 6.92 Å². The summed E-state index contributed by atoms with van der Waals surface area (Å²) >= 11 is 0. The number of pyridine rings is 1. The quantitative estimate of drug-likeness (QED) is 0.804. The minimum absolute atomic E-state index is 0.145. The molecule has 0 radical (unpaired) electrons. The smallest absolute Gasteiger partial charge is 0.261 e. The van der Waals surface area contributed by atoms with E-state index in [4.69, 9.17) is 4.52 Å². The van der Waals surface area contributed by atoms with E-state index in [1.807, 2.05) is 11.0 Å². The number of hydrogen-bond donors (Lipinski definition) is 0. The second kappa shape index (κ2) is 4.86. The number of sulfone groups is 1. The van der Waals surface area contributed by atoms with Gasteiger partial charge in [-0.3, -0.25) is 0 Å². The number of hydrogen-bond acceptors (Lipinski definition) is 7. The Bertz CT molecular complexity index is 712. The van der Waals surface area contributed by atoms with E-state index >= 15 is 0 Å². The standard InChI is InChI=1S/C12H14N4O3S/c1-9-14-12(19-15-9)10-3-2-4-13-11(10)16-5-7-20(17,18)8-6-16/h2-4H,5-8H2,1H3. The molecule has 2 aromatic rings. The molecule has 0 bridgehead atoms. The van der Waals surface area contributed by atoms with E-state index < -0.39 is 9.84 Å². The highest BCUT2D eigenvalue weighted by Gasteiger charge is 2.25. The summed E-state index contributed by atoms with van der Waals surface area (Å²) in [4.78, 5) is 10.5. The van der Waals surface area contributed by atoms with Crippen LogP contribution in [0.5, 0.6) is 0 Å². The van der Waals surface area contributed by atoms with Crippen LogP contribution in [0.25, 0.3) is 11.5 Å². The van der Waals surface area contributed by atoms with Crippen molar-refractivity contribution in [2.75, 3.05) is 29.5 Å². The van der Waals surface area contributed by atoms with Gasteiger partial charge < -0.3 is 9.42 Å². The lowest BCUT2D eigenvalue weighted by atomic mass is 10.2. The largest absolute Gasteiger partial charge is 0.354 e. The molecule has 2 aromatic heterocycles. The lowest BCUT2D eigenvalue weighted by molar-refractivity contribution is 0.425. The first kappa shape index (κ1) is 13.0. The first-order valence-corrected chi connectivity index (χ1v) is 8.08. The summed E-state index contributed by atoms with van der Waals surface area (Å²) < 4.78 is 28.2. The fourth-order valence-electron chi connectivity index (χ4n) is 2.15. The number of rotatable bonds is 2. The number of anilines is 1. The predicted octanol–water partition coefficient (Wildman–Crippen LogP) is 0.675. The number of nitrogens with zero attached hydrogens (tertiary/aromatic N) is 4. The molecule has 0 spiro atoms. The zero-order valence-electron chi connectivity index (χ0n) is 11.0. The van der Waals surface area contributed by atoms with Crippen molar-refractivity contribution in [3.05, 3.63) is 24.2 Å². The summed E-state index contributed by atoms with van der Waals surface area (Å²) in [6.45, 7) is 2.61. The van der Waals surface area contributed by atoms with Crippen molar-refractivity contribution in [1.82, 2.24) is 15.1 Å². The Morgan fingerprint density at radius 2 is 2.05 bits per heavy atom. The van der Waals surface area contributed by atoms with E-state index in [1.165, 1.54) is 0 Å². The van der Waals surface area contributed by atoms with Gasteiger partial charge in [0, 0.05) is 19.3 Å². The van der Waals surface area contributed by atoms with Gasteiger partial charge in [-0.05, 0) is 19.1 Å². The monoisotopic (exact) mass is 294 g/mol. The molecule has 8 heteroatoms. The van der Waals surface area contributed by atoms with Gasteiger partial charge in [0.15, 0.2) is 15.7 Å². The summed E-state index contributed by atoms with van der Waals surface area (Å²) in [5, 5.41) is 3.77. The molecule has 106 valence electrons. The van der Waals surface area contributed by atoms with Crippen LogP contribution >= 0.6 is 0 Å². The van der Waals surface area contributed by atoms with Gasteiger partial charge in [-0.25, -0.2) is 13.4 Å². The summed E-state index contributed by atoms with van der Waals surface area (Å²) in [6.07, 6.45) is 1.67. The normalized spacial score (nSPS) is 18.1. The average Bonchev–Trinajstić information content (AvgIpc) is 2.85. The van der Waals surface area contributed by atoms with Crippen LogP contribution in [-0.4, -0.2) is 48.1 Å². The molecule has 20 heavy (non-hydrogen) atoms. The highest BCUT2D eigenvalue weighted by Crippen LogP contribution is 2.28. The van der Waals surface area contributed by atoms with Crippen molar-refractivity contribution in [3.8, 4) is 11.5 Å². The topological polar surface area (TPSA) is 89.2 Å². The van der Waals surface area contributed by atoms with Crippen molar-refractivity contribution in [3.63, 3.8) is 0 Å². The second-order valence-electron chi connectivity index (χ2n) is 4.66. The Morgan fingerprint density at radius 3 is 2.70 bits per heavy atom. The van der Waals surface area contributed by atoms with Gasteiger partial charge in [0.05, 0.1) is 17.1 Å². The molecule has 0 N–H and O–H groups in total. The molecule has 3 rings (SSSR count). The molecule has 0 unspecified atom stereocenters. The van der Waals surface area contributed by atoms with E-state index in [0.717, 1.165) is 5.56 Å². The van der Waals surface area contributed by atoms with Crippen LogP contribution in [0, 0.1) is 6.92 Å². The zero-order valence-corrected chi connectivity index (χ0v) is 11.8. The Labute approximate surface area is 116 Å². The van der Waals surface area contributed by atoms with Gasteiger partial charge >= 0.3 is 0 Å². The van der Waals surface area contributed by atoms with E-state index in [-0.39, 0.29) is 11.5 Å². The van der Waals surface area contributed by atoms with Crippen molar-refractivity contribution in [1.29, 1.82) is 0 Å². The van der Waals surface area contributed by atoms with E-state index in [0.29, 0.717) is 30.6 Å². The maximum atomic E-state index is 11.5. The Morgan fingerprint density at radius 1 is 1.30 bits per heavy atom. The van der Waals surface area contributed by atoms with Gasteiger partial charge in [-0.15, -0.1) is 0 Å². The maximum absolute atomic E-state index is 11.5. The van der Waals surface area contributed by atoms with Crippen LogP contribution in [0.1, 0.15) is 5.82 Å². The Kier molecular flexibility index (Phi) is 3.17. The Hall–Kier alpha value is -1.96. The summed E-state index contributed by atoms with van der Waals surface area (Å²) in [6, 6.07) is 3.64. The fraction of sp³-hybridized carbons (Fsp3) is 0.417. The lowest BCUT2D eigenvalue weighted by Crippen LogP contribution is -2.40. The third kappa shape index (κ3) is 2.51. The van der Waals surface area contributed by atoms with Crippen LogP contribution < -0.4 is 4.90 Å². The van der Waals surface area contributed by atoms with Gasteiger partial charge in [-0.2, -0.15) is 4.98 Å². The first-order valence-electron chi connectivity index (χ1n) is 6.26. The first-order chi connectivity index (χ1) is 9.55. The Balaban J connectivity index is 1.95.